The Bertz CT molecular complexity index is 715. The Morgan fingerprint density at radius 1 is 1.30 bits per heavy atom. The number of likely N-dealkylation sites (tertiary alicyclic amines) is 1. The van der Waals surface area contributed by atoms with Gasteiger partial charge in [-0.2, -0.15) is 11.8 Å². The van der Waals surface area contributed by atoms with E-state index in [1.807, 2.05) is 24.3 Å². The third kappa shape index (κ3) is 4.37. The molecule has 2 heterocycles. The Kier molecular flexibility index (Phi) is 5.94. The Labute approximate surface area is 162 Å². The number of benzene rings is 1. The molecule has 0 radical (unpaired) electrons. The van der Waals surface area contributed by atoms with Gasteiger partial charge in [0.15, 0.2) is 0 Å². The van der Waals surface area contributed by atoms with Crippen LogP contribution in [0.25, 0.3) is 0 Å². The van der Waals surface area contributed by atoms with Gasteiger partial charge >= 0.3 is 5.97 Å². The minimum atomic E-state index is -1.20. The third-order valence-electron chi connectivity index (χ3n) is 5.24. The number of nitrogens with one attached hydrogen (secondary N) is 1. The highest BCUT2D eigenvalue weighted by Crippen LogP contribution is 2.29. The van der Waals surface area contributed by atoms with Gasteiger partial charge in [-0.15, -0.1) is 0 Å². The van der Waals surface area contributed by atoms with Crippen LogP contribution in [0.1, 0.15) is 24.8 Å². The number of carboxylic acid groups (broad SMARTS) is 1. The molecule has 7 nitrogen and oxygen atoms in total. The second-order valence-corrected chi connectivity index (χ2v) is 8.24. The molecular formula is C19H24N2O5S. The first-order chi connectivity index (χ1) is 12.9. The zero-order valence-electron chi connectivity index (χ0n) is 15.3. The van der Waals surface area contributed by atoms with E-state index in [-0.39, 0.29) is 18.2 Å². The first kappa shape index (κ1) is 19.5. The fourth-order valence-corrected chi connectivity index (χ4v) is 4.69. The van der Waals surface area contributed by atoms with E-state index in [2.05, 4.69) is 5.32 Å². The number of methoxy groups -OCH3 is 1. The number of nitrogens with zero attached hydrogens (tertiary/aromatic N) is 1. The van der Waals surface area contributed by atoms with Crippen LogP contribution in [-0.4, -0.2) is 58.5 Å². The van der Waals surface area contributed by atoms with Crippen LogP contribution in [0.2, 0.25) is 0 Å². The van der Waals surface area contributed by atoms with Crippen molar-refractivity contribution in [1.82, 2.24) is 10.2 Å². The number of rotatable bonds is 6. The van der Waals surface area contributed by atoms with Gasteiger partial charge in [-0.1, -0.05) is 12.1 Å². The topological polar surface area (TPSA) is 95.9 Å². The van der Waals surface area contributed by atoms with E-state index in [0.717, 1.165) is 11.3 Å². The molecule has 2 N–H and O–H groups in total. The number of carbonyl (C=O) groups is 3. The normalized spacial score (nSPS) is 21.7. The monoisotopic (exact) mass is 392 g/mol. The average molecular weight is 392 g/mol. The number of carbonyl (C=O) groups excluding carboxylic acids is 2. The SMILES string of the molecule is COc1ccc(CN2CC(C(=O)NC3(C(=O)O)CCSCC3)CC2=O)cc1. The van der Waals surface area contributed by atoms with Crippen molar-refractivity contribution in [2.75, 3.05) is 25.2 Å². The lowest BCUT2D eigenvalue weighted by Crippen LogP contribution is -2.58. The molecule has 0 saturated carbocycles. The van der Waals surface area contributed by atoms with E-state index in [9.17, 15) is 19.5 Å². The number of hydrogen-bond donors (Lipinski definition) is 2. The van der Waals surface area contributed by atoms with Crippen LogP contribution in [0.3, 0.4) is 0 Å². The van der Waals surface area contributed by atoms with Gasteiger partial charge in [0.05, 0.1) is 13.0 Å². The van der Waals surface area contributed by atoms with Crippen molar-refractivity contribution >= 4 is 29.5 Å². The predicted octanol–water partition coefficient (Wildman–Crippen LogP) is 1.51. The Morgan fingerprint density at radius 3 is 2.56 bits per heavy atom. The van der Waals surface area contributed by atoms with E-state index in [0.29, 0.717) is 37.4 Å². The van der Waals surface area contributed by atoms with Crippen LogP contribution in [0.15, 0.2) is 24.3 Å². The summed E-state index contributed by atoms with van der Waals surface area (Å²) in [5.41, 5.74) is -0.245. The van der Waals surface area contributed by atoms with Gasteiger partial charge in [0, 0.05) is 19.5 Å². The molecule has 2 saturated heterocycles. The Hall–Kier alpha value is -2.22. The van der Waals surface area contributed by atoms with Gasteiger partial charge in [0.2, 0.25) is 11.8 Å². The molecule has 146 valence electrons. The fraction of sp³-hybridized carbons (Fsp3) is 0.526. The molecular weight excluding hydrogens is 368 g/mol. The highest BCUT2D eigenvalue weighted by atomic mass is 32.2. The summed E-state index contributed by atoms with van der Waals surface area (Å²) < 4.78 is 5.13. The van der Waals surface area contributed by atoms with Crippen molar-refractivity contribution in [3.63, 3.8) is 0 Å². The van der Waals surface area contributed by atoms with Crippen LogP contribution in [0, 0.1) is 5.92 Å². The van der Waals surface area contributed by atoms with Crippen molar-refractivity contribution in [2.24, 2.45) is 5.92 Å². The molecule has 27 heavy (non-hydrogen) atoms. The van der Waals surface area contributed by atoms with Gasteiger partial charge < -0.3 is 20.1 Å². The van der Waals surface area contributed by atoms with Gasteiger partial charge in [-0.05, 0) is 42.0 Å². The summed E-state index contributed by atoms with van der Waals surface area (Å²) in [5, 5.41) is 12.4. The molecule has 3 rings (SSSR count). The predicted molar refractivity (Wildman–Crippen MR) is 102 cm³/mol. The number of amides is 2. The van der Waals surface area contributed by atoms with Gasteiger partial charge in [-0.3, -0.25) is 9.59 Å². The van der Waals surface area contributed by atoms with Gasteiger partial charge in [0.25, 0.3) is 0 Å². The first-order valence-electron chi connectivity index (χ1n) is 8.97. The minimum absolute atomic E-state index is 0.0884. The largest absolute Gasteiger partial charge is 0.497 e. The molecule has 0 aromatic heterocycles. The molecule has 0 aliphatic carbocycles. The van der Waals surface area contributed by atoms with Crippen LogP contribution in [-0.2, 0) is 20.9 Å². The summed E-state index contributed by atoms with van der Waals surface area (Å²) in [4.78, 5) is 38.4. The average Bonchev–Trinajstić information content (AvgIpc) is 3.04. The zero-order chi connectivity index (χ0) is 19.4. The number of ether oxygens (including phenoxy) is 1. The number of carboxylic acids is 1. The zero-order valence-corrected chi connectivity index (χ0v) is 16.1. The minimum Gasteiger partial charge on any atom is -0.497 e. The van der Waals surface area contributed by atoms with Crippen molar-refractivity contribution in [3.05, 3.63) is 29.8 Å². The maximum atomic E-state index is 12.7. The van der Waals surface area contributed by atoms with Crippen LogP contribution in [0.5, 0.6) is 5.75 Å². The molecule has 1 unspecified atom stereocenters. The molecule has 1 aromatic rings. The van der Waals surface area contributed by atoms with Crippen molar-refractivity contribution in [3.8, 4) is 5.75 Å². The first-order valence-corrected chi connectivity index (χ1v) is 10.1. The lowest BCUT2D eigenvalue weighted by Gasteiger charge is -2.34. The van der Waals surface area contributed by atoms with Gasteiger partial charge in [-0.25, -0.2) is 4.79 Å². The summed E-state index contributed by atoms with van der Waals surface area (Å²) in [6, 6.07) is 7.44. The highest BCUT2D eigenvalue weighted by molar-refractivity contribution is 7.99. The summed E-state index contributed by atoms with van der Waals surface area (Å²) in [7, 11) is 1.59. The van der Waals surface area contributed by atoms with E-state index >= 15 is 0 Å². The Morgan fingerprint density at radius 2 is 1.96 bits per heavy atom. The Balaban J connectivity index is 1.61. The molecule has 1 aromatic carbocycles. The van der Waals surface area contributed by atoms with Gasteiger partial charge in [0.1, 0.15) is 11.3 Å². The third-order valence-corrected chi connectivity index (χ3v) is 6.22. The molecule has 0 spiro atoms. The molecule has 2 aliphatic heterocycles. The van der Waals surface area contributed by atoms with Crippen molar-refractivity contribution in [1.29, 1.82) is 0 Å². The molecule has 8 heteroatoms. The molecule has 0 bridgehead atoms. The smallest absolute Gasteiger partial charge is 0.329 e. The van der Waals surface area contributed by atoms with Crippen LogP contribution in [0.4, 0.5) is 0 Å². The van der Waals surface area contributed by atoms with Crippen molar-refractivity contribution < 1.29 is 24.2 Å². The number of thioether (sulfide) groups is 1. The van der Waals surface area contributed by atoms with Crippen molar-refractivity contribution in [2.45, 2.75) is 31.3 Å². The summed E-state index contributed by atoms with van der Waals surface area (Å²) in [6.45, 7) is 0.731. The summed E-state index contributed by atoms with van der Waals surface area (Å²) >= 11 is 1.69. The molecule has 2 fully saturated rings. The lowest BCUT2D eigenvalue weighted by atomic mass is 9.91. The quantitative estimate of drug-likeness (QED) is 0.762. The molecule has 2 amide bonds. The maximum Gasteiger partial charge on any atom is 0.329 e. The van der Waals surface area contributed by atoms with Crippen LogP contribution < -0.4 is 10.1 Å². The van der Waals surface area contributed by atoms with E-state index in [1.165, 1.54) is 0 Å². The standard InChI is InChI=1S/C19H24N2O5S/c1-26-15-4-2-13(3-5-15)11-21-12-14(10-16(21)22)17(23)20-19(18(24)25)6-8-27-9-7-19/h2-5,14H,6-12H2,1H3,(H,20,23)(H,24,25). The number of hydrogen-bond acceptors (Lipinski definition) is 5. The maximum absolute atomic E-state index is 12.7. The van der Waals surface area contributed by atoms with E-state index in [1.54, 1.807) is 23.8 Å². The lowest BCUT2D eigenvalue weighted by molar-refractivity contribution is -0.148. The molecule has 1 atom stereocenters. The second kappa shape index (κ2) is 8.21. The van der Waals surface area contributed by atoms with E-state index in [4.69, 9.17) is 4.74 Å². The summed E-state index contributed by atoms with van der Waals surface area (Å²) in [5.74, 6) is 0.231. The van der Waals surface area contributed by atoms with E-state index < -0.39 is 17.4 Å². The summed E-state index contributed by atoms with van der Waals surface area (Å²) in [6.07, 6.45) is 0.941. The molecule has 2 aliphatic rings. The van der Waals surface area contributed by atoms with Crippen LogP contribution >= 0.6 is 11.8 Å². The second-order valence-electron chi connectivity index (χ2n) is 7.01. The number of aliphatic carboxylic acids is 1. The highest BCUT2D eigenvalue weighted by Gasteiger charge is 2.44. The fourth-order valence-electron chi connectivity index (χ4n) is 3.50.